The van der Waals surface area contributed by atoms with Crippen LogP contribution in [0.4, 0.5) is 0 Å². The van der Waals surface area contributed by atoms with Crippen molar-refractivity contribution in [3.8, 4) is 0 Å². The molecule has 68 valence electrons. The van der Waals surface area contributed by atoms with Gasteiger partial charge in [0.2, 0.25) is 0 Å². The zero-order valence-corrected chi connectivity index (χ0v) is 7.96. The molecule has 0 aromatic rings. The first kappa shape index (κ1) is 9.65. The summed E-state index contributed by atoms with van der Waals surface area (Å²) in [5.74, 6) is 0.222. The van der Waals surface area contributed by atoms with Crippen molar-refractivity contribution in [2.45, 2.75) is 13.8 Å². The molecule has 0 amide bonds. The van der Waals surface area contributed by atoms with E-state index in [4.69, 9.17) is 10.8 Å². The maximum absolute atomic E-state index is 7.64. The van der Waals surface area contributed by atoms with Crippen LogP contribution in [0.15, 0.2) is 36.0 Å². The molecule has 1 aliphatic carbocycles. The predicted molar refractivity (Wildman–Crippen MR) is 56.7 cm³/mol. The summed E-state index contributed by atoms with van der Waals surface area (Å²) in [7, 11) is 0. The van der Waals surface area contributed by atoms with Gasteiger partial charge in [0.05, 0.1) is 5.71 Å². The molecular formula is C11H14N2. The first-order valence-corrected chi connectivity index (χ1v) is 4.35. The van der Waals surface area contributed by atoms with Gasteiger partial charge in [-0.05, 0) is 18.1 Å². The fraction of sp³-hybridized carbons (Fsp3) is 0.273. The molecule has 2 heteroatoms. The SMILES string of the molecule is CC(C)C(=N)/C=C1/C=CC=CC1=N. The molecule has 0 fully saturated rings. The van der Waals surface area contributed by atoms with Gasteiger partial charge in [-0.1, -0.05) is 32.1 Å². The first-order valence-electron chi connectivity index (χ1n) is 4.35. The number of hydrogen-bond donors (Lipinski definition) is 2. The summed E-state index contributed by atoms with van der Waals surface area (Å²) < 4.78 is 0. The van der Waals surface area contributed by atoms with Crippen molar-refractivity contribution in [2.75, 3.05) is 0 Å². The predicted octanol–water partition coefficient (Wildman–Crippen LogP) is 2.73. The summed E-state index contributed by atoms with van der Waals surface area (Å²) in [4.78, 5) is 0. The third-order valence-electron chi connectivity index (χ3n) is 1.89. The largest absolute Gasteiger partial charge is 0.305 e. The zero-order chi connectivity index (χ0) is 9.84. The van der Waals surface area contributed by atoms with Gasteiger partial charge in [0, 0.05) is 11.3 Å². The lowest BCUT2D eigenvalue weighted by Gasteiger charge is -2.06. The minimum Gasteiger partial charge on any atom is -0.305 e. The summed E-state index contributed by atoms with van der Waals surface area (Å²) >= 11 is 0. The average Bonchev–Trinajstić information content (AvgIpc) is 2.08. The lowest BCUT2D eigenvalue weighted by atomic mass is 10.00. The average molecular weight is 174 g/mol. The molecule has 0 aliphatic heterocycles. The number of nitrogens with one attached hydrogen (secondary N) is 2. The van der Waals surface area contributed by atoms with Gasteiger partial charge in [-0.3, -0.25) is 0 Å². The number of rotatable bonds is 2. The Morgan fingerprint density at radius 3 is 2.46 bits per heavy atom. The molecule has 1 rings (SSSR count). The quantitative estimate of drug-likeness (QED) is 0.605. The van der Waals surface area contributed by atoms with Crippen molar-refractivity contribution in [2.24, 2.45) is 5.92 Å². The minimum absolute atomic E-state index is 0.222. The van der Waals surface area contributed by atoms with E-state index in [9.17, 15) is 0 Å². The van der Waals surface area contributed by atoms with Crippen LogP contribution in [0.25, 0.3) is 0 Å². The van der Waals surface area contributed by atoms with Crippen LogP contribution in [0.5, 0.6) is 0 Å². The molecule has 0 saturated heterocycles. The van der Waals surface area contributed by atoms with Gasteiger partial charge in [0.1, 0.15) is 0 Å². The van der Waals surface area contributed by atoms with Crippen molar-refractivity contribution < 1.29 is 0 Å². The topological polar surface area (TPSA) is 47.7 Å². The summed E-state index contributed by atoms with van der Waals surface area (Å²) in [5, 5.41) is 15.2. The fourth-order valence-corrected chi connectivity index (χ4v) is 0.957. The van der Waals surface area contributed by atoms with Gasteiger partial charge in [-0.25, -0.2) is 0 Å². The Morgan fingerprint density at radius 1 is 1.31 bits per heavy atom. The standard InChI is InChI=1S/C11H14N2/c1-8(2)11(13)7-9-5-3-4-6-10(9)12/h3-8,12-13H,1-2H3/b9-7-,12-10?,13-11?. The molecule has 1 aliphatic rings. The number of hydrogen-bond acceptors (Lipinski definition) is 2. The van der Waals surface area contributed by atoms with Crippen molar-refractivity contribution >= 4 is 11.4 Å². The molecular weight excluding hydrogens is 160 g/mol. The highest BCUT2D eigenvalue weighted by molar-refractivity contribution is 6.13. The molecule has 0 bridgehead atoms. The van der Waals surface area contributed by atoms with E-state index in [0.717, 1.165) is 5.57 Å². The lowest BCUT2D eigenvalue weighted by molar-refractivity contribution is 0.882. The van der Waals surface area contributed by atoms with Crippen LogP contribution in [0.2, 0.25) is 0 Å². The summed E-state index contributed by atoms with van der Waals surface area (Å²) in [6.45, 7) is 3.96. The van der Waals surface area contributed by atoms with Crippen molar-refractivity contribution in [3.63, 3.8) is 0 Å². The van der Waals surface area contributed by atoms with Gasteiger partial charge in [0.25, 0.3) is 0 Å². The Labute approximate surface area is 78.7 Å². The van der Waals surface area contributed by atoms with Crippen molar-refractivity contribution in [3.05, 3.63) is 36.0 Å². The maximum Gasteiger partial charge on any atom is 0.0612 e. The molecule has 0 unspecified atom stereocenters. The van der Waals surface area contributed by atoms with Crippen molar-refractivity contribution in [1.29, 1.82) is 10.8 Å². The normalized spacial score (nSPS) is 18.7. The summed E-state index contributed by atoms with van der Waals surface area (Å²) in [6, 6.07) is 0. The van der Waals surface area contributed by atoms with Gasteiger partial charge < -0.3 is 10.8 Å². The monoisotopic (exact) mass is 174 g/mol. The molecule has 0 saturated carbocycles. The van der Waals surface area contributed by atoms with Gasteiger partial charge >= 0.3 is 0 Å². The molecule has 2 nitrogen and oxygen atoms in total. The number of allylic oxidation sites excluding steroid dienone is 6. The Bertz CT molecular complexity index is 317. The van der Waals surface area contributed by atoms with Crippen LogP contribution < -0.4 is 0 Å². The van der Waals surface area contributed by atoms with E-state index in [2.05, 4.69) is 0 Å². The Morgan fingerprint density at radius 2 is 1.92 bits per heavy atom. The smallest absolute Gasteiger partial charge is 0.0612 e. The second-order valence-electron chi connectivity index (χ2n) is 3.34. The Kier molecular flexibility index (Phi) is 2.96. The van der Waals surface area contributed by atoms with Crippen LogP contribution in [0.1, 0.15) is 13.8 Å². The molecule has 2 N–H and O–H groups in total. The highest BCUT2D eigenvalue weighted by Crippen LogP contribution is 2.08. The van der Waals surface area contributed by atoms with Crippen LogP contribution >= 0.6 is 0 Å². The highest BCUT2D eigenvalue weighted by Gasteiger charge is 2.04. The molecule has 0 heterocycles. The van der Waals surface area contributed by atoms with Crippen LogP contribution in [0.3, 0.4) is 0 Å². The van der Waals surface area contributed by atoms with Crippen molar-refractivity contribution in [1.82, 2.24) is 0 Å². The maximum atomic E-state index is 7.64. The second kappa shape index (κ2) is 3.99. The Balaban J connectivity index is 2.83. The molecule has 0 aromatic heterocycles. The van der Waals surface area contributed by atoms with E-state index in [0.29, 0.717) is 11.4 Å². The van der Waals surface area contributed by atoms with E-state index in [1.807, 2.05) is 32.1 Å². The van der Waals surface area contributed by atoms with E-state index < -0.39 is 0 Å². The van der Waals surface area contributed by atoms with Gasteiger partial charge in [-0.2, -0.15) is 0 Å². The fourth-order valence-electron chi connectivity index (χ4n) is 0.957. The zero-order valence-electron chi connectivity index (χ0n) is 7.96. The Hall–Kier alpha value is -1.44. The third kappa shape index (κ3) is 2.51. The van der Waals surface area contributed by atoms with E-state index in [1.54, 1.807) is 12.2 Å². The lowest BCUT2D eigenvalue weighted by Crippen LogP contribution is -2.06. The summed E-state index contributed by atoms with van der Waals surface area (Å²) in [5.41, 5.74) is 1.87. The first-order chi connectivity index (χ1) is 6.11. The summed E-state index contributed by atoms with van der Waals surface area (Å²) in [6.07, 6.45) is 9.07. The van der Waals surface area contributed by atoms with E-state index >= 15 is 0 Å². The van der Waals surface area contributed by atoms with Crippen LogP contribution in [-0.4, -0.2) is 11.4 Å². The van der Waals surface area contributed by atoms with Gasteiger partial charge in [-0.15, -0.1) is 0 Å². The molecule has 0 radical (unpaired) electrons. The van der Waals surface area contributed by atoms with E-state index in [-0.39, 0.29) is 5.92 Å². The van der Waals surface area contributed by atoms with E-state index in [1.165, 1.54) is 0 Å². The molecule has 0 spiro atoms. The molecule has 0 atom stereocenters. The van der Waals surface area contributed by atoms with Gasteiger partial charge in [0.15, 0.2) is 0 Å². The highest BCUT2D eigenvalue weighted by atomic mass is 14.4. The molecule has 13 heavy (non-hydrogen) atoms. The third-order valence-corrected chi connectivity index (χ3v) is 1.89. The molecule has 0 aromatic carbocycles. The second-order valence-corrected chi connectivity index (χ2v) is 3.34. The minimum atomic E-state index is 0.222. The van der Waals surface area contributed by atoms with Crippen LogP contribution in [0, 0.1) is 16.7 Å². The van der Waals surface area contributed by atoms with Crippen LogP contribution in [-0.2, 0) is 0 Å².